The lowest BCUT2D eigenvalue weighted by Crippen LogP contribution is -2.45. The Kier molecular flexibility index (Phi) is 14.0. The Balaban J connectivity index is 1.14. The number of aromatic nitrogens is 4. The number of nitrogens with two attached hydrogens (primary N) is 1. The Morgan fingerprint density at radius 3 is 2.49 bits per heavy atom. The van der Waals surface area contributed by atoms with E-state index in [9.17, 15) is 14.9 Å². The monoisotopic (exact) mass is 967 g/mol. The number of amides is 2. The van der Waals surface area contributed by atoms with E-state index >= 15 is 8.78 Å². The number of pyridine rings is 1. The van der Waals surface area contributed by atoms with Crippen LogP contribution in [0.2, 0.25) is 15.2 Å². The Labute approximate surface area is 401 Å². The molecule has 0 aliphatic carbocycles. The summed E-state index contributed by atoms with van der Waals surface area (Å²) in [6, 6.07) is 12.8. The van der Waals surface area contributed by atoms with E-state index in [2.05, 4.69) is 48.8 Å². The van der Waals surface area contributed by atoms with Crippen molar-refractivity contribution in [3.63, 3.8) is 0 Å². The Hall–Kier alpha value is -6.49. The fourth-order valence-corrected chi connectivity index (χ4v) is 9.45. The van der Waals surface area contributed by atoms with Crippen molar-refractivity contribution < 1.29 is 27.8 Å². The lowest BCUT2D eigenvalue weighted by atomic mass is 9.62. The number of rotatable bonds is 11. The van der Waals surface area contributed by atoms with Gasteiger partial charge in [-0.15, -0.1) is 0 Å². The van der Waals surface area contributed by atoms with Gasteiger partial charge in [-0.1, -0.05) is 85.6 Å². The molecule has 0 saturated carbocycles. The molecule has 0 radical (unpaired) electrons. The molecule has 1 aliphatic heterocycles. The molecule has 4 atom stereocenters. The van der Waals surface area contributed by atoms with E-state index in [0.717, 1.165) is 28.6 Å². The van der Waals surface area contributed by atoms with Crippen molar-refractivity contribution in [3.05, 3.63) is 133 Å². The molecule has 67 heavy (non-hydrogen) atoms. The highest BCUT2D eigenvalue weighted by molar-refractivity contribution is 6.34. The van der Waals surface area contributed by atoms with Crippen LogP contribution in [0.1, 0.15) is 77.0 Å². The number of hydrogen-bond acceptors (Lipinski definition) is 10. The van der Waals surface area contributed by atoms with Gasteiger partial charge in [-0.05, 0) is 67.6 Å². The van der Waals surface area contributed by atoms with Crippen molar-refractivity contribution in [2.45, 2.75) is 71.0 Å². The zero-order valence-electron chi connectivity index (χ0n) is 37.5. The van der Waals surface area contributed by atoms with Crippen molar-refractivity contribution in [3.8, 4) is 29.4 Å². The van der Waals surface area contributed by atoms with Crippen LogP contribution in [0.25, 0.3) is 11.0 Å². The maximum absolute atomic E-state index is 16.2. The topological polar surface area (TPSA) is 182 Å². The van der Waals surface area contributed by atoms with Crippen molar-refractivity contribution in [1.82, 2.24) is 30.2 Å². The predicted octanol–water partition coefficient (Wildman–Crippen LogP) is 9.07. The molecule has 346 valence electrons. The van der Waals surface area contributed by atoms with Gasteiger partial charge in [0.25, 0.3) is 5.91 Å². The number of nitrogen functional groups attached to an aromatic ring is 1. The number of nitriles is 1. The zero-order valence-corrected chi connectivity index (χ0v) is 39.8. The van der Waals surface area contributed by atoms with E-state index in [4.69, 9.17) is 50.0 Å². The second-order valence-electron chi connectivity index (χ2n) is 17.4. The Morgan fingerprint density at radius 1 is 1.04 bits per heavy atom. The molecular weight excluding hydrogens is 923 g/mol. The lowest BCUT2D eigenvalue weighted by molar-refractivity contribution is -0.118. The van der Waals surface area contributed by atoms with Crippen LogP contribution < -0.4 is 31.2 Å². The first kappa shape index (κ1) is 48.4. The molecule has 3 aromatic heterocycles. The zero-order chi connectivity index (χ0) is 48.5. The molecule has 7 rings (SSSR count). The Morgan fingerprint density at radius 2 is 1.81 bits per heavy atom. The fraction of sp³-hybridized carbons (Fsp3) is 0.306. The number of fused-ring (bicyclic) bond motifs is 1. The van der Waals surface area contributed by atoms with Gasteiger partial charge in [0.05, 0.1) is 66.8 Å². The van der Waals surface area contributed by atoms with E-state index in [1.165, 1.54) is 55.6 Å². The van der Waals surface area contributed by atoms with Crippen LogP contribution in [0.3, 0.4) is 0 Å². The van der Waals surface area contributed by atoms with Crippen LogP contribution in [0, 0.1) is 54.1 Å². The summed E-state index contributed by atoms with van der Waals surface area (Å²) in [6.07, 6.45) is 3.78. The standard InChI is InChI=1S/C49H46Cl3F2N9O4/c1-25-21-58-35(26(2)42(25)67-7)23-63-22-28(38-43(52)61-47(56)62-44(38)63)10-9-17-57-45(64)27-13-16-34(36(18-27)66-6)59-46(65)41-39(30-11-8-12-32(51)40(30)54)49(24-55,37(60-41)20-48(3,4)5)31-15-14-29(50)19-33(31)53/h8,11-16,18-19,21-22,37,39,41,60H,17,20,23H2,1-7H3,(H,57,64)(H,59,65)(H2,56,61,62). The molecule has 13 nitrogen and oxygen atoms in total. The fourth-order valence-electron chi connectivity index (χ4n) is 8.84. The van der Waals surface area contributed by atoms with Crippen molar-refractivity contribution in [2.75, 3.05) is 31.8 Å². The van der Waals surface area contributed by atoms with Gasteiger partial charge in [-0.3, -0.25) is 14.6 Å². The van der Waals surface area contributed by atoms with E-state index in [0.29, 0.717) is 23.1 Å². The maximum Gasteiger partial charge on any atom is 0.252 e. The molecule has 2 amide bonds. The van der Waals surface area contributed by atoms with Crippen LogP contribution in [0.5, 0.6) is 11.5 Å². The number of halogens is 5. The Bertz CT molecular complexity index is 3050. The highest BCUT2D eigenvalue weighted by atomic mass is 35.5. The molecule has 3 aromatic carbocycles. The van der Waals surface area contributed by atoms with Crippen LogP contribution in [0.15, 0.2) is 67.0 Å². The number of nitrogens with one attached hydrogen (secondary N) is 3. The van der Waals surface area contributed by atoms with Gasteiger partial charge >= 0.3 is 0 Å². The highest BCUT2D eigenvalue weighted by Gasteiger charge is 2.61. The number of nitrogens with zero attached hydrogens (tertiary/aromatic N) is 5. The number of carbonyl (C=O) groups excluding carboxylic acids is 2. The van der Waals surface area contributed by atoms with Gasteiger partial charge in [0.15, 0.2) is 0 Å². The van der Waals surface area contributed by atoms with Crippen molar-refractivity contribution in [1.29, 1.82) is 5.26 Å². The molecule has 0 spiro atoms. The second kappa shape index (κ2) is 19.4. The molecule has 6 aromatic rings. The van der Waals surface area contributed by atoms with Crippen molar-refractivity contribution in [2.24, 2.45) is 5.41 Å². The summed E-state index contributed by atoms with van der Waals surface area (Å²) in [7, 11) is 2.97. The van der Waals surface area contributed by atoms with E-state index in [-0.39, 0.29) is 62.2 Å². The average Bonchev–Trinajstić information content (AvgIpc) is 3.78. The number of methoxy groups -OCH3 is 2. The summed E-state index contributed by atoms with van der Waals surface area (Å²) in [4.78, 5) is 41.2. The van der Waals surface area contributed by atoms with Gasteiger partial charge < -0.3 is 35.7 Å². The molecular formula is C49H46Cl3F2N9O4. The lowest BCUT2D eigenvalue weighted by Gasteiger charge is -2.37. The number of anilines is 2. The first-order chi connectivity index (χ1) is 31.8. The molecule has 4 unspecified atom stereocenters. The minimum absolute atomic E-state index is 0.0141. The normalized spacial score (nSPS) is 17.9. The van der Waals surface area contributed by atoms with E-state index in [1.54, 1.807) is 19.5 Å². The molecule has 4 heterocycles. The SMILES string of the molecule is COc1cc(C(=O)NCC#Cc2cn(Cc3ncc(C)c(OC)c3C)c3nc(N)nc(Cl)c23)ccc1NC(=O)C1NC(CC(C)(C)C)C(C#N)(c2ccc(Cl)cc2F)C1c1cccc(Cl)c1F. The third-order valence-electron chi connectivity index (χ3n) is 11.8. The second-order valence-corrected chi connectivity index (χ2v) is 18.6. The predicted molar refractivity (Wildman–Crippen MR) is 255 cm³/mol. The number of hydrogen-bond donors (Lipinski definition) is 4. The number of carbonyl (C=O) groups is 2. The third-order valence-corrected chi connectivity index (χ3v) is 12.6. The number of ether oxygens (including phenoxy) is 2. The van der Waals surface area contributed by atoms with E-state index in [1.807, 2.05) is 39.2 Å². The van der Waals surface area contributed by atoms with Crippen LogP contribution in [0.4, 0.5) is 20.4 Å². The molecule has 5 N–H and O–H groups in total. The highest BCUT2D eigenvalue weighted by Crippen LogP contribution is 2.53. The minimum atomic E-state index is -1.83. The van der Waals surface area contributed by atoms with Crippen LogP contribution in [-0.4, -0.2) is 64.2 Å². The summed E-state index contributed by atoms with van der Waals surface area (Å²) in [5, 5.41) is 20.6. The van der Waals surface area contributed by atoms with Gasteiger partial charge in [0, 0.05) is 51.6 Å². The quantitative estimate of drug-likeness (QED) is 0.0722. The van der Waals surface area contributed by atoms with Crippen LogP contribution >= 0.6 is 34.8 Å². The van der Waals surface area contributed by atoms with Crippen LogP contribution in [-0.2, 0) is 16.8 Å². The van der Waals surface area contributed by atoms with E-state index < -0.39 is 52.3 Å². The largest absolute Gasteiger partial charge is 0.496 e. The smallest absolute Gasteiger partial charge is 0.252 e. The summed E-state index contributed by atoms with van der Waals surface area (Å²) >= 11 is 19.0. The summed E-state index contributed by atoms with van der Waals surface area (Å²) in [6.45, 7) is 9.90. The maximum atomic E-state index is 16.2. The molecule has 1 saturated heterocycles. The first-order valence-electron chi connectivity index (χ1n) is 20.9. The summed E-state index contributed by atoms with van der Waals surface area (Å²) in [5.41, 5.74) is 7.39. The molecule has 1 aliphatic rings. The number of aryl methyl sites for hydroxylation is 1. The summed E-state index contributed by atoms with van der Waals surface area (Å²) < 4.78 is 45.3. The van der Waals surface area contributed by atoms with Gasteiger partial charge in [-0.25, -0.2) is 13.8 Å². The van der Waals surface area contributed by atoms with Gasteiger partial charge in [-0.2, -0.15) is 10.2 Å². The first-order valence-corrected chi connectivity index (χ1v) is 22.1. The summed E-state index contributed by atoms with van der Waals surface area (Å²) in [5.74, 6) is 2.74. The molecule has 18 heteroatoms. The number of benzene rings is 3. The minimum Gasteiger partial charge on any atom is -0.496 e. The average molecular weight is 969 g/mol. The van der Waals surface area contributed by atoms with Gasteiger partial charge in [0.1, 0.15) is 39.3 Å². The third kappa shape index (κ3) is 9.56. The molecule has 1 fully saturated rings. The van der Waals surface area contributed by atoms with Crippen molar-refractivity contribution >= 4 is 69.3 Å². The molecule has 0 bridgehead atoms. The van der Waals surface area contributed by atoms with Gasteiger partial charge in [0.2, 0.25) is 11.9 Å².